The van der Waals surface area contributed by atoms with Crippen LogP contribution in [0.4, 0.5) is 11.6 Å². The molecule has 4 heterocycles. The standard InChI is InChI=1S/C37H35ClN6O4/c1-23-16-31(41-37-40-21-29(38)36(42-37)28-20-39-30-7-5-4-6-26(28)30)34(46-3)19-27(23)32(45)10-9-25(44-14-12-43(2)13-15-44)17-24-8-11-33-35(18-24)48-22-47-33/h4-11,16-21,39H,12-15,22H2,1-3H3,(H,40,41,42). The summed E-state index contributed by atoms with van der Waals surface area (Å²) in [6.07, 6.45) is 9.06. The number of hydrogen-bond acceptors (Lipinski definition) is 9. The topological polar surface area (TPSA) is 105 Å². The third-order valence-corrected chi connectivity index (χ3v) is 8.91. The van der Waals surface area contributed by atoms with Gasteiger partial charge in [0.1, 0.15) is 5.75 Å². The molecule has 1 fully saturated rings. The van der Waals surface area contributed by atoms with Crippen molar-refractivity contribution in [2.24, 2.45) is 0 Å². The molecule has 244 valence electrons. The Morgan fingerprint density at radius 2 is 1.85 bits per heavy atom. The number of carbonyl (C=O) groups is 1. The first kappa shape index (κ1) is 31.3. The maximum atomic E-state index is 13.7. The van der Waals surface area contributed by atoms with Crippen molar-refractivity contribution in [1.29, 1.82) is 0 Å². The summed E-state index contributed by atoms with van der Waals surface area (Å²) in [5.41, 5.74) is 6.32. The molecule has 2 aliphatic rings. The van der Waals surface area contributed by atoms with Crippen LogP contribution in [0.2, 0.25) is 5.02 Å². The van der Waals surface area contributed by atoms with Crippen molar-refractivity contribution in [1.82, 2.24) is 24.8 Å². The Morgan fingerprint density at radius 1 is 1.04 bits per heavy atom. The molecule has 1 saturated heterocycles. The monoisotopic (exact) mass is 662 g/mol. The Bertz CT molecular complexity index is 2060. The lowest BCUT2D eigenvalue weighted by Crippen LogP contribution is -2.43. The van der Waals surface area contributed by atoms with E-state index in [1.165, 1.54) is 0 Å². The molecular formula is C37H35ClN6O4. The van der Waals surface area contributed by atoms with Gasteiger partial charge in [-0.25, -0.2) is 9.97 Å². The van der Waals surface area contributed by atoms with Crippen LogP contribution in [0.5, 0.6) is 17.2 Å². The largest absolute Gasteiger partial charge is 0.495 e. The summed E-state index contributed by atoms with van der Waals surface area (Å²) in [5, 5.41) is 4.71. The summed E-state index contributed by atoms with van der Waals surface area (Å²) in [6, 6.07) is 17.4. The molecule has 0 amide bonds. The fourth-order valence-corrected chi connectivity index (χ4v) is 6.15. The summed E-state index contributed by atoms with van der Waals surface area (Å²) < 4.78 is 16.8. The Kier molecular flexibility index (Phi) is 8.75. The van der Waals surface area contributed by atoms with E-state index in [9.17, 15) is 4.79 Å². The fraction of sp³-hybridized carbons (Fsp3) is 0.216. The van der Waals surface area contributed by atoms with E-state index in [4.69, 9.17) is 30.8 Å². The zero-order chi connectivity index (χ0) is 33.2. The van der Waals surface area contributed by atoms with E-state index in [0.717, 1.165) is 71.0 Å². The molecule has 3 aromatic carbocycles. The summed E-state index contributed by atoms with van der Waals surface area (Å²) in [4.78, 5) is 30.7. The Labute approximate surface area is 283 Å². The first-order chi connectivity index (χ1) is 23.4. The lowest BCUT2D eigenvalue weighted by Gasteiger charge is -2.34. The minimum absolute atomic E-state index is 0.132. The van der Waals surface area contributed by atoms with E-state index in [0.29, 0.717) is 33.7 Å². The minimum Gasteiger partial charge on any atom is -0.495 e. The number of rotatable bonds is 9. The lowest BCUT2D eigenvalue weighted by molar-refractivity contribution is 0.104. The van der Waals surface area contributed by atoms with Crippen LogP contribution in [0.15, 0.2) is 84.8 Å². The van der Waals surface area contributed by atoms with E-state index in [2.05, 4.69) is 38.2 Å². The van der Waals surface area contributed by atoms with Crippen molar-refractivity contribution in [3.8, 4) is 28.5 Å². The highest BCUT2D eigenvalue weighted by atomic mass is 35.5. The molecule has 2 aromatic heterocycles. The molecule has 48 heavy (non-hydrogen) atoms. The number of likely N-dealkylation sites (N-methyl/N-ethyl adjacent to an activating group) is 1. The van der Waals surface area contributed by atoms with Gasteiger partial charge in [0.25, 0.3) is 0 Å². The number of aromatic amines is 1. The van der Waals surface area contributed by atoms with Crippen molar-refractivity contribution in [2.45, 2.75) is 6.92 Å². The summed E-state index contributed by atoms with van der Waals surface area (Å²) in [6.45, 7) is 5.70. The van der Waals surface area contributed by atoms with Gasteiger partial charge in [-0.2, -0.15) is 0 Å². The Hall–Kier alpha value is -5.32. The molecule has 0 atom stereocenters. The molecule has 0 unspecified atom stereocenters. The van der Waals surface area contributed by atoms with Gasteiger partial charge in [0, 0.05) is 60.1 Å². The number of hydrogen-bond donors (Lipinski definition) is 2. The van der Waals surface area contributed by atoms with Gasteiger partial charge in [0.2, 0.25) is 12.7 Å². The molecule has 0 aliphatic carbocycles. The number of aryl methyl sites for hydroxylation is 1. The van der Waals surface area contributed by atoms with Crippen molar-refractivity contribution < 1.29 is 19.0 Å². The van der Waals surface area contributed by atoms with Gasteiger partial charge in [0.05, 0.1) is 29.7 Å². The zero-order valence-corrected chi connectivity index (χ0v) is 27.7. The second-order valence-corrected chi connectivity index (χ2v) is 12.2. The normalized spacial score (nSPS) is 15.0. The van der Waals surface area contributed by atoms with Crippen molar-refractivity contribution in [3.05, 3.63) is 107 Å². The van der Waals surface area contributed by atoms with Crippen LogP contribution in [-0.4, -0.2) is 77.7 Å². The molecule has 0 spiro atoms. The fourth-order valence-electron chi connectivity index (χ4n) is 5.96. The molecule has 2 N–H and O–H groups in total. The highest BCUT2D eigenvalue weighted by Crippen LogP contribution is 2.36. The Balaban J connectivity index is 1.15. The second-order valence-electron chi connectivity index (χ2n) is 11.8. The number of ether oxygens (including phenoxy) is 3. The van der Waals surface area contributed by atoms with Gasteiger partial charge in [-0.1, -0.05) is 35.9 Å². The van der Waals surface area contributed by atoms with Crippen molar-refractivity contribution >= 4 is 46.0 Å². The van der Waals surface area contributed by atoms with E-state index in [1.807, 2.05) is 67.7 Å². The molecule has 0 radical (unpaired) electrons. The molecule has 2 aliphatic heterocycles. The minimum atomic E-state index is -0.132. The molecule has 0 bridgehead atoms. The number of halogens is 1. The highest BCUT2D eigenvalue weighted by molar-refractivity contribution is 6.33. The molecule has 7 rings (SSSR count). The number of H-pyrrole nitrogens is 1. The van der Waals surface area contributed by atoms with Crippen LogP contribution in [0, 0.1) is 6.92 Å². The maximum Gasteiger partial charge on any atom is 0.231 e. The average molecular weight is 663 g/mol. The molecule has 10 nitrogen and oxygen atoms in total. The van der Waals surface area contributed by atoms with Gasteiger partial charge >= 0.3 is 0 Å². The van der Waals surface area contributed by atoms with E-state index in [-0.39, 0.29) is 12.6 Å². The first-order valence-electron chi connectivity index (χ1n) is 15.7. The van der Waals surface area contributed by atoms with E-state index < -0.39 is 0 Å². The number of ketones is 1. The number of nitrogens with zero attached hydrogens (tertiary/aromatic N) is 4. The summed E-state index contributed by atoms with van der Waals surface area (Å²) in [7, 11) is 3.69. The maximum absolute atomic E-state index is 13.7. The first-order valence-corrected chi connectivity index (χ1v) is 16.1. The number of anilines is 2. The summed E-state index contributed by atoms with van der Waals surface area (Å²) >= 11 is 6.55. The number of nitrogens with one attached hydrogen (secondary N) is 2. The van der Waals surface area contributed by atoms with Crippen LogP contribution in [0.1, 0.15) is 21.5 Å². The third kappa shape index (κ3) is 6.45. The number of benzene rings is 3. The predicted octanol–water partition coefficient (Wildman–Crippen LogP) is 7.10. The second kappa shape index (κ2) is 13.4. The van der Waals surface area contributed by atoms with Crippen molar-refractivity contribution in [3.63, 3.8) is 0 Å². The third-order valence-electron chi connectivity index (χ3n) is 8.63. The van der Waals surface area contributed by atoms with Crippen LogP contribution < -0.4 is 19.5 Å². The van der Waals surface area contributed by atoms with Gasteiger partial charge in [-0.3, -0.25) is 4.79 Å². The molecular weight excluding hydrogens is 628 g/mol. The number of para-hydroxylation sites is 1. The van der Waals surface area contributed by atoms with E-state index >= 15 is 0 Å². The number of piperazine rings is 1. The highest BCUT2D eigenvalue weighted by Gasteiger charge is 2.19. The lowest BCUT2D eigenvalue weighted by atomic mass is 10.0. The van der Waals surface area contributed by atoms with Crippen LogP contribution in [0.3, 0.4) is 0 Å². The summed E-state index contributed by atoms with van der Waals surface area (Å²) in [5.74, 6) is 2.16. The molecule has 5 aromatic rings. The number of allylic oxidation sites excluding steroid dienone is 2. The molecule has 0 saturated carbocycles. The predicted molar refractivity (Wildman–Crippen MR) is 188 cm³/mol. The SMILES string of the molecule is COc1cc(C(=O)C=CC(=Cc2ccc3c(c2)OCO3)N2CCN(C)CC2)c(C)cc1Nc1ncc(Cl)c(-c2c[nH]c3ccccc23)n1. The van der Waals surface area contributed by atoms with Gasteiger partial charge in [-0.05, 0) is 73.7 Å². The quantitative estimate of drug-likeness (QED) is 0.0972. The van der Waals surface area contributed by atoms with Gasteiger partial charge < -0.3 is 34.3 Å². The zero-order valence-electron chi connectivity index (χ0n) is 26.9. The number of methoxy groups -OCH3 is 1. The van der Waals surface area contributed by atoms with Gasteiger partial charge in [-0.15, -0.1) is 0 Å². The number of carbonyl (C=O) groups excluding carboxylic acids is 1. The number of aromatic nitrogens is 3. The average Bonchev–Trinajstić information content (AvgIpc) is 3.75. The van der Waals surface area contributed by atoms with Crippen LogP contribution in [-0.2, 0) is 0 Å². The van der Waals surface area contributed by atoms with E-state index in [1.54, 1.807) is 25.4 Å². The van der Waals surface area contributed by atoms with Crippen molar-refractivity contribution in [2.75, 3.05) is 52.4 Å². The smallest absolute Gasteiger partial charge is 0.231 e. The van der Waals surface area contributed by atoms with Crippen LogP contribution >= 0.6 is 11.6 Å². The molecule has 11 heteroatoms. The van der Waals surface area contributed by atoms with Gasteiger partial charge in [0.15, 0.2) is 17.3 Å². The Morgan fingerprint density at radius 3 is 2.69 bits per heavy atom. The number of fused-ring (bicyclic) bond motifs is 2. The van der Waals surface area contributed by atoms with Crippen LogP contribution in [0.25, 0.3) is 28.2 Å².